The lowest BCUT2D eigenvalue weighted by atomic mass is 10.2. The number of amides is 1. The molecular formula is C16H14ClNO3S. The largest absolute Gasteiger partial charge is 0.478 e. The molecule has 2 aromatic rings. The van der Waals surface area contributed by atoms with Crippen molar-refractivity contribution in [3.63, 3.8) is 0 Å². The minimum absolute atomic E-state index is 0.147. The third-order valence-corrected chi connectivity index (χ3v) is 4.07. The van der Waals surface area contributed by atoms with Crippen LogP contribution in [0.5, 0.6) is 0 Å². The van der Waals surface area contributed by atoms with Gasteiger partial charge in [-0.1, -0.05) is 17.7 Å². The van der Waals surface area contributed by atoms with Crippen molar-refractivity contribution in [2.24, 2.45) is 0 Å². The summed E-state index contributed by atoms with van der Waals surface area (Å²) >= 11 is 7.37. The summed E-state index contributed by atoms with van der Waals surface area (Å²) in [5, 5.41) is 12.3. The molecule has 0 aliphatic rings. The number of carboxylic acid groups (broad SMARTS) is 1. The number of nitrogens with one attached hydrogen (secondary N) is 1. The maximum Gasteiger partial charge on any atom is 0.335 e. The molecule has 0 saturated carbocycles. The van der Waals surface area contributed by atoms with E-state index in [9.17, 15) is 9.59 Å². The number of halogens is 1. The van der Waals surface area contributed by atoms with Gasteiger partial charge in [0.25, 0.3) is 0 Å². The van der Waals surface area contributed by atoms with Gasteiger partial charge >= 0.3 is 5.97 Å². The maximum absolute atomic E-state index is 11.8. The van der Waals surface area contributed by atoms with Crippen LogP contribution in [-0.4, -0.2) is 22.7 Å². The maximum atomic E-state index is 11.8. The molecule has 1 amide bonds. The zero-order valence-corrected chi connectivity index (χ0v) is 13.2. The number of hydrogen-bond donors (Lipinski definition) is 2. The van der Waals surface area contributed by atoms with Gasteiger partial charge in [-0.3, -0.25) is 4.79 Å². The molecule has 0 radical (unpaired) electrons. The van der Waals surface area contributed by atoms with E-state index >= 15 is 0 Å². The van der Waals surface area contributed by atoms with Crippen LogP contribution in [0.3, 0.4) is 0 Å². The SMILES string of the molecule is O=C(CCSc1ccc(Cl)cc1)Nc1cccc(C(=O)O)c1. The van der Waals surface area contributed by atoms with Crippen molar-refractivity contribution >= 4 is 40.9 Å². The molecule has 0 aliphatic heterocycles. The van der Waals surface area contributed by atoms with Crippen molar-refractivity contribution in [1.29, 1.82) is 0 Å². The van der Waals surface area contributed by atoms with E-state index in [1.807, 2.05) is 12.1 Å². The number of carbonyl (C=O) groups is 2. The molecule has 0 heterocycles. The molecule has 0 fully saturated rings. The van der Waals surface area contributed by atoms with Crippen LogP contribution in [0.1, 0.15) is 16.8 Å². The molecule has 0 atom stereocenters. The van der Waals surface area contributed by atoms with E-state index in [4.69, 9.17) is 16.7 Å². The number of hydrogen-bond acceptors (Lipinski definition) is 3. The number of aromatic carboxylic acids is 1. The third-order valence-electron chi connectivity index (χ3n) is 2.80. The molecule has 0 aromatic heterocycles. The van der Waals surface area contributed by atoms with Gasteiger partial charge in [-0.15, -0.1) is 11.8 Å². The lowest BCUT2D eigenvalue weighted by molar-refractivity contribution is -0.115. The number of rotatable bonds is 6. The average Bonchev–Trinajstić information content (AvgIpc) is 2.49. The molecule has 22 heavy (non-hydrogen) atoms. The highest BCUT2D eigenvalue weighted by atomic mass is 35.5. The minimum Gasteiger partial charge on any atom is -0.478 e. The predicted octanol–water partition coefficient (Wildman–Crippen LogP) is 4.16. The molecule has 114 valence electrons. The topological polar surface area (TPSA) is 66.4 Å². The number of thioether (sulfide) groups is 1. The summed E-state index contributed by atoms with van der Waals surface area (Å²) < 4.78 is 0. The van der Waals surface area contributed by atoms with Crippen LogP contribution in [0.25, 0.3) is 0 Å². The normalized spacial score (nSPS) is 10.2. The highest BCUT2D eigenvalue weighted by Crippen LogP contribution is 2.21. The van der Waals surface area contributed by atoms with Gasteiger partial charge in [0, 0.05) is 27.8 Å². The van der Waals surface area contributed by atoms with Crippen LogP contribution in [0.15, 0.2) is 53.4 Å². The summed E-state index contributed by atoms with van der Waals surface area (Å²) in [5.74, 6) is -0.537. The quantitative estimate of drug-likeness (QED) is 0.778. The first-order chi connectivity index (χ1) is 10.5. The smallest absolute Gasteiger partial charge is 0.335 e. The van der Waals surface area contributed by atoms with E-state index in [0.717, 1.165) is 4.90 Å². The fourth-order valence-corrected chi connectivity index (χ4v) is 2.72. The molecule has 4 nitrogen and oxygen atoms in total. The Morgan fingerprint density at radius 2 is 1.86 bits per heavy atom. The molecular weight excluding hydrogens is 322 g/mol. The Bertz CT molecular complexity index is 673. The Balaban J connectivity index is 1.81. The molecule has 0 bridgehead atoms. The van der Waals surface area contributed by atoms with Crippen LogP contribution in [0.4, 0.5) is 5.69 Å². The minimum atomic E-state index is -1.02. The van der Waals surface area contributed by atoms with E-state index in [2.05, 4.69) is 5.32 Å². The first kappa shape index (κ1) is 16.4. The second-order valence-corrected chi connectivity index (χ2v) is 6.09. The van der Waals surface area contributed by atoms with E-state index in [1.165, 1.54) is 12.1 Å². The summed E-state index contributed by atoms with van der Waals surface area (Å²) in [6.45, 7) is 0. The van der Waals surface area contributed by atoms with Crippen LogP contribution in [-0.2, 0) is 4.79 Å². The van der Waals surface area contributed by atoms with Crippen molar-refractivity contribution in [2.75, 3.05) is 11.1 Å². The Morgan fingerprint density at radius 3 is 2.55 bits per heavy atom. The number of benzene rings is 2. The zero-order valence-electron chi connectivity index (χ0n) is 11.6. The summed E-state index contributed by atoms with van der Waals surface area (Å²) in [6.07, 6.45) is 0.338. The lowest BCUT2D eigenvalue weighted by Gasteiger charge is -2.06. The van der Waals surface area contributed by atoms with Crippen molar-refractivity contribution < 1.29 is 14.7 Å². The summed E-state index contributed by atoms with van der Waals surface area (Å²) in [5.41, 5.74) is 0.634. The van der Waals surface area contributed by atoms with Crippen LogP contribution in [0.2, 0.25) is 5.02 Å². The highest BCUT2D eigenvalue weighted by Gasteiger charge is 2.06. The molecule has 0 unspecified atom stereocenters. The second-order valence-electron chi connectivity index (χ2n) is 4.49. The number of anilines is 1. The van der Waals surface area contributed by atoms with E-state index in [-0.39, 0.29) is 11.5 Å². The van der Waals surface area contributed by atoms with Crippen molar-refractivity contribution in [2.45, 2.75) is 11.3 Å². The van der Waals surface area contributed by atoms with Gasteiger partial charge in [0.2, 0.25) is 5.91 Å². The van der Waals surface area contributed by atoms with E-state index < -0.39 is 5.97 Å². The average molecular weight is 336 g/mol. The Kier molecular flexibility index (Phi) is 5.86. The molecule has 2 aromatic carbocycles. The highest BCUT2D eigenvalue weighted by molar-refractivity contribution is 7.99. The van der Waals surface area contributed by atoms with Crippen LogP contribution < -0.4 is 5.32 Å². The van der Waals surface area contributed by atoms with Gasteiger partial charge in [0.15, 0.2) is 0 Å². The Morgan fingerprint density at radius 1 is 1.14 bits per heavy atom. The molecule has 2 N–H and O–H groups in total. The Hall–Kier alpha value is -1.98. The van der Waals surface area contributed by atoms with Gasteiger partial charge in [0.05, 0.1) is 5.56 Å². The van der Waals surface area contributed by atoms with Crippen LogP contribution in [0, 0.1) is 0 Å². The predicted molar refractivity (Wildman–Crippen MR) is 88.8 cm³/mol. The molecule has 0 saturated heterocycles. The van der Waals surface area contributed by atoms with Crippen molar-refractivity contribution in [3.8, 4) is 0 Å². The van der Waals surface area contributed by atoms with Crippen molar-refractivity contribution in [1.82, 2.24) is 0 Å². The van der Waals surface area contributed by atoms with Crippen molar-refractivity contribution in [3.05, 3.63) is 59.1 Å². The van der Waals surface area contributed by atoms with E-state index in [1.54, 1.807) is 36.0 Å². The number of carboxylic acids is 1. The zero-order chi connectivity index (χ0) is 15.9. The van der Waals surface area contributed by atoms with Gasteiger partial charge in [-0.05, 0) is 42.5 Å². The van der Waals surface area contributed by atoms with Crippen LogP contribution >= 0.6 is 23.4 Å². The summed E-state index contributed by atoms with van der Waals surface area (Å²) in [6, 6.07) is 13.6. The van der Waals surface area contributed by atoms with Gasteiger partial charge < -0.3 is 10.4 Å². The lowest BCUT2D eigenvalue weighted by Crippen LogP contribution is -2.12. The molecule has 6 heteroatoms. The fourth-order valence-electron chi connectivity index (χ4n) is 1.75. The first-order valence-electron chi connectivity index (χ1n) is 6.56. The second kappa shape index (κ2) is 7.87. The molecule has 0 spiro atoms. The monoisotopic (exact) mass is 335 g/mol. The summed E-state index contributed by atoms with van der Waals surface area (Å²) in [4.78, 5) is 23.8. The number of carbonyl (C=O) groups excluding carboxylic acids is 1. The fraction of sp³-hybridized carbons (Fsp3) is 0.125. The molecule has 2 rings (SSSR count). The first-order valence-corrected chi connectivity index (χ1v) is 7.92. The van der Waals surface area contributed by atoms with E-state index in [0.29, 0.717) is 22.9 Å². The standard InChI is InChI=1S/C16H14ClNO3S/c17-12-4-6-14(7-5-12)22-9-8-15(19)18-13-3-1-2-11(10-13)16(20)21/h1-7,10H,8-9H2,(H,18,19)(H,20,21). The third kappa shape index (κ3) is 5.09. The Labute approximate surface area is 137 Å². The van der Waals surface area contributed by atoms with Gasteiger partial charge in [-0.2, -0.15) is 0 Å². The van der Waals surface area contributed by atoms with Gasteiger partial charge in [0.1, 0.15) is 0 Å². The summed E-state index contributed by atoms with van der Waals surface area (Å²) in [7, 11) is 0. The van der Waals surface area contributed by atoms with Gasteiger partial charge in [-0.25, -0.2) is 4.79 Å². The molecule has 0 aliphatic carbocycles.